The summed E-state index contributed by atoms with van der Waals surface area (Å²) in [5.74, 6) is 2.99. The van der Waals surface area contributed by atoms with Crippen LogP contribution in [-0.4, -0.2) is 35.6 Å². The lowest BCUT2D eigenvalue weighted by atomic mass is 10.3. The molecule has 0 radical (unpaired) electrons. The van der Waals surface area contributed by atoms with Crippen molar-refractivity contribution >= 4 is 5.65 Å². The molecule has 4 heterocycles. The first-order valence-electron chi connectivity index (χ1n) is 7.94. The minimum atomic E-state index is 0.672. The van der Waals surface area contributed by atoms with Crippen molar-refractivity contribution in [2.24, 2.45) is 0 Å². The number of rotatable bonds is 3. The van der Waals surface area contributed by atoms with Gasteiger partial charge in [0.05, 0.1) is 12.2 Å². The Kier molecular flexibility index (Phi) is 2.61. The molecule has 3 aromatic heterocycles. The van der Waals surface area contributed by atoms with Gasteiger partial charge in [-0.15, -0.1) is 10.2 Å². The third kappa shape index (κ3) is 2.02. The van der Waals surface area contributed by atoms with Crippen molar-refractivity contribution in [3.63, 3.8) is 0 Å². The van der Waals surface area contributed by atoms with E-state index in [0.29, 0.717) is 5.92 Å². The number of nitrogens with zero attached hydrogens (tertiary/aromatic N) is 6. The molecule has 5 rings (SSSR count). The monoisotopic (exact) mass is 294 g/mol. The van der Waals surface area contributed by atoms with Gasteiger partial charge in [-0.05, 0) is 25.0 Å². The number of fused-ring (bicyclic) bond motifs is 2. The summed E-state index contributed by atoms with van der Waals surface area (Å²) in [5.41, 5.74) is 2.12. The fraction of sp³-hybridized carbons (Fsp3) is 0.438. The SMILES string of the molecule is c1ccn2cc(CN3CCn4c(nnc4C4CC4)C3)nc2c1. The molecule has 1 aliphatic heterocycles. The summed E-state index contributed by atoms with van der Waals surface area (Å²) in [6.45, 7) is 3.78. The molecule has 0 saturated heterocycles. The van der Waals surface area contributed by atoms with Crippen molar-refractivity contribution in [2.75, 3.05) is 6.54 Å². The molecule has 0 aromatic carbocycles. The maximum atomic E-state index is 4.68. The summed E-state index contributed by atoms with van der Waals surface area (Å²) in [5, 5.41) is 8.80. The predicted molar refractivity (Wildman–Crippen MR) is 81.3 cm³/mol. The Bertz CT molecular complexity index is 795. The van der Waals surface area contributed by atoms with Gasteiger partial charge in [0, 0.05) is 37.9 Å². The highest BCUT2D eigenvalue weighted by Crippen LogP contribution is 2.39. The summed E-state index contributed by atoms with van der Waals surface area (Å²) >= 11 is 0. The molecule has 0 atom stereocenters. The van der Waals surface area contributed by atoms with E-state index in [0.717, 1.165) is 43.3 Å². The van der Waals surface area contributed by atoms with Gasteiger partial charge in [0.15, 0.2) is 0 Å². The minimum Gasteiger partial charge on any atom is -0.312 e. The van der Waals surface area contributed by atoms with Crippen LogP contribution in [0.15, 0.2) is 30.6 Å². The van der Waals surface area contributed by atoms with E-state index in [9.17, 15) is 0 Å². The van der Waals surface area contributed by atoms with Gasteiger partial charge < -0.3 is 8.97 Å². The molecule has 22 heavy (non-hydrogen) atoms. The second-order valence-corrected chi connectivity index (χ2v) is 6.31. The fourth-order valence-corrected chi connectivity index (χ4v) is 3.30. The van der Waals surface area contributed by atoms with Crippen LogP contribution in [0.25, 0.3) is 5.65 Å². The molecule has 0 N–H and O–H groups in total. The number of pyridine rings is 1. The summed E-state index contributed by atoms with van der Waals surface area (Å²) in [4.78, 5) is 7.09. The zero-order valence-electron chi connectivity index (χ0n) is 12.4. The molecular weight excluding hydrogens is 276 g/mol. The van der Waals surface area contributed by atoms with Crippen molar-refractivity contribution in [1.29, 1.82) is 0 Å². The van der Waals surface area contributed by atoms with Crippen molar-refractivity contribution in [2.45, 2.75) is 38.4 Å². The third-order valence-corrected chi connectivity index (χ3v) is 4.60. The van der Waals surface area contributed by atoms with Crippen LogP contribution in [0.2, 0.25) is 0 Å². The Morgan fingerprint density at radius 3 is 2.95 bits per heavy atom. The smallest absolute Gasteiger partial charge is 0.147 e. The first-order chi connectivity index (χ1) is 10.9. The van der Waals surface area contributed by atoms with E-state index in [1.165, 1.54) is 18.7 Å². The Morgan fingerprint density at radius 1 is 1.14 bits per heavy atom. The van der Waals surface area contributed by atoms with E-state index in [1.807, 2.05) is 24.4 Å². The van der Waals surface area contributed by atoms with Gasteiger partial charge in [-0.2, -0.15) is 0 Å². The molecule has 0 spiro atoms. The molecule has 112 valence electrons. The Hall–Kier alpha value is -2.21. The number of hydrogen-bond donors (Lipinski definition) is 0. The van der Waals surface area contributed by atoms with Crippen LogP contribution in [0.3, 0.4) is 0 Å². The molecule has 0 bridgehead atoms. The van der Waals surface area contributed by atoms with E-state index in [1.54, 1.807) is 0 Å². The van der Waals surface area contributed by atoms with Crippen LogP contribution in [-0.2, 0) is 19.6 Å². The highest BCUT2D eigenvalue weighted by atomic mass is 15.3. The topological polar surface area (TPSA) is 51.2 Å². The van der Waals surface area contributed by atoms with Crippen molar-refractivity contribution in [3.05, 3.63) is 47.9 Å². The Labute approximate surface area is 128 Å². The summed E-state index contributed by atoms with van der Waals surface area (Å²) in [6.07, 6.45) is 6.72. The lowest BCUT2D eigenvalue weighted by Crippen LogP contribution is -2.34. The largest absolute Gasteiger partial charge is 0.312 e. The second-order valence-electron chi connectivity index (χ2n) is 6.31. The molecule has 0 unspecified atom stereocenters. The van der Waals surface area contributed by atoms with Crippen LogP contribution >= 0.6 is 0 Å². The highest BCUT2D eigenvalue weighted by molar-refractivity contribution is 5.39. The normalized spacial score (nSPS) is 18.7. The molecular formula is C16H18N6. The maximum absolute atomic E-state index is 4.68. The fourth-order valence-electron chi connectivity index (χ4n) is 3.30. The Morgan fingerprint density at radius 2 is 2.09 bits per heavy atom. The molecule has 3 aromatic rings. The lowest BCUT2D eigenvalue weighted by Gasteiger charge is -2.26. The van der Waals surface area contributed by atoms with Gasteiger partial charge in [0.1, 0.15) is 17.3 Å². The Balaban J connectivity index is 1.36. The zero-order valence-corrected chi connectivity index (χ0v) is 12.4. The minimum absolute atomic E-state index is 0.672. The molecule has 6 nitrogen and oxygen atoms in total. The van der Waals surface area contributed by atoms with Crippen molar-refractivity contribution in [1.82, 2.24) is 29.0 Å². The predicted octanol–water partition coefficient (Wildman–Crippen LogP) is 1.82. The van der Waals surface area contributed by atoms with Gasteiger partial charge >= 0.3 is 0 Å². The van der Waals surface area contributed by atoms with Crippen molar-refractivity contribution in [3.8, 4) is 0 Å². The lowest BCUT2D eigenvalue weighted by molar-refractivity contribution is 0.205. The molecule has 0 amide bonds. The molecule has 1 aliphatic carbocycles. The van der Waals surface area contributed by atoms with Crippen LogP contribution in [0.5, 0.6) is 0 Å². The van der Waals surface area contributed by atoms with E-state index >= 15 is 0 Å². The van der Waals surface area contributed by atoms with E-state index in [2.05, 4.69) is 35.2 Å². The van der Waals surface area contributed by atoms with E-state index < -0.39 is 0 Å². The summed E-state index contributed by atoms with van der Waals surface area (Å²) in [6, 6.07) is 6.09. The van der Waals surface area contributed by atoms with Crippen LogP contribution in [0, 0.1) is 0 Å². The summed E-state index contributed by atoms with van der Waals surface area (Å²) in [7, 11) is 0. The van der Waals surface area contributed by atoms with Gasteiger partial charge in [-0.1, -0.05) is 6.07 Å². The first kappa shape index (κ1) is 12.3. The maximum Gasteiger partial charge on any atom is 0.147 e. The average molecular weight is 294 g/mol. The standard InChI is InChI=1S/C16H18N6/c1-2-6-21-10-13(17-14(21)3-1)9-20-7-8-22-15(11-20)18-19-16(22)12-4-5-12/h1-3,6,10,12H,4-5,7-9,11H2. The molecule has 1 fully saturated rings. The van der Waals surface area contributed by atoms with Crippen molar-refractivity contribution < 1.29 is 0 Å². The van der Waals surface area contributed by atoms with Gasteiger partial charge in [0.25, 0.3) is 0 Å². The first-order valence-corrected chi connectivity index (χ1v) is 7.94. The van der Waals surface area contributed by atoms with Gasteiger partial charge in [-0.3, -0.25) is 4.90 Å². The van der Waals surface area contributed by atoms with E-state index in [-0.39, 0.29) is 0 Å². The molecule has 1 saturated carbocycles. The second kappa shape index (κ2) is 4.64. The number of aromatic nitrogens is 5. The van der Waals surface area contributed by atoms with Crippen LogP contribution < -0.4 is 0 Å². The quantitative estimate of drug-likeness (QED) is 0.739. The van der Waals surface area contributed by atoms with Gasteiger partial charge in [0.2, 0.25) is 0 Å². The number of imidazole rings is 1. The van der Waals surface area contributed by atoms with Gasteiger partial charge in [-0.25, -0.2) is 4.98 Å². The van der Waals surface area contributed by atoms with Crippen LogP contribution in [0.4, 0.5) is 0 Å². The molecule has 2 aliphatic rings. The average Bonchev–Trinajstić information content (AvgIpc) is 3.16. The van der Waals surface area contributed by atoms with E-state index in [4.69, 9.17) is 0 Å². The highest BCUT2D eigenvalue weighted by Gasteiger charge is 2.32. The molecule has 6 heteroatoms. The third-order valence-electron chi connectivity index (χ3n) is 4.60. The van der Waals surface area contributed by atoms with Crippen LogP contribution in [0.1, 0.15) is 36.1 Å². The summed E-state index contributed by atoms with van der Waals surface area (Å²) < 4.78 is 4.41. The number of hydrogen-bond acceptors (Lipinski definition) is 4. The zero-order chi connectivity index (χ0) is 14.5.